The molecule has 7 heteroatoms. The second-order valence-corrected chi connectivity index (χ2v) is 5.44. The average molecular weight is 316 g/mol. The van der Waals surface area contributed by atoms with Crippen LogP contribution in [0.1, 0.15) is 17.5 Å². The predicted molar refractivity (Wildman–Crippen MR) is 83.7 cm³/mol. The van der Waals surface area contributed by atoms with Crippen molar-refractivity contribution >= 4 is 11.9 Å². The van der Waals surface area contributed by atoms with Crippen molar-refractivity contribution in [3.63, 3.8) is 0 Å². The Kier molecular flexibility index (Phi) is 5.85. The summed E-state index contributed by atoms with van der Waals surface area (Å²) in [7, 11) is 0. The van der Waals surface area contributed by atoms with E-state index in [0.29, 0.717) is 13.0 Å². The van der Waals surface area contributed by atoms with Crippen molar-refractivity contribution in [1.82, 2.24) is 20.1 Å². The highest BCUT2D eigenvalue weighted by Crippen LogP contribution is 2.11. The maximum Gasteiger partial charge on any atom is 0.308 e. The van der Waals surface area contributed by atoms with E-state index in [0.717, 1.165) is 11.1 Å². The Balaban J connectivity index is 1.82. The quantitative estimate of drug-likeness (QED) is 0.758. The number of aliphatic carboxylic acids is 1. The second-order valence-electron chi connectivity index (χ2n) is 5.44. The van der Waals surface area contributed by atoms with Crippen LogP contribution in [0.5, 0.6) is 0 Å². The van der Waals surface area contributed by atoms with Crippen LogP contribution in [0, 0.1) is 12.8 Å². The Bertz CT molecular complexity index is 655. The van der Waals surface area contributed by atoms with Gasteiger partial charge in [-0.1, -0.05) is 29.8 Å². The number of aromatic nitrogens is 3. The van der Waals surface area contributed by atoms with Gasteiger partial charge in [0.05, 0.1) is 12.5 Å². The molecule has 1 aromatic carbocycles. The molecule has 0 aliphatic heterocycles. The molecule has 0 saturated carbocycles. The normalized spacial score (nSPS) is 11.9. The third kappa shape index (κ3) is 5.54. The molecule has 0 radical (unpaired) electrons. The summed E-state index contributed by atoms with van der Waals surface area (Å²) >= 11 is 0. The zero-order chi connectivity index (χ0) is 16.7. The molecule has 2 aromatic rings. The van der Waals surface area contributed by atoms with Crippen molar-refractivity contribution < 1.29 is 14.7 Å². The SMILES string of the molecule is Cc1cccc(CC(CNC(=O)CCn2cncn2)C(=O)O)c1. The monoisotopic (exact) mass is 316 g/mol. The first-order chi connectivity index (χ1) is 11.0. The summed E-state index contributed by atoms with van der Waals surface area (Å²) < 4.78 is 1.56. The molecular formula is C16H20N4O3. The second kappa shape index (κ2) is 8.07. The van der Waals surface area contributed by atoms with Gasteiger partial charge >= 0.3 is 5.97 Å². The molecule has 2 rings (SSSR count). The van der Waals surface area contributed by atoms with E-state index in [1.807, 2.05) is 31.2 Å². The van der Waals surface area contributed by atoms with Crippen LogP contribution >= 0.6 is 0 Å². The Morgan fingerprint density at radius 3 is 2.87 bits per heavy atom. The van der Waals surface area contributed by atoms with Gasteiger partial charge in [0.25, 0.3) is 0 Å². The van der Waals surface area contributed by atoms with Gasteiger partial charge in [-0.2, -0.15) is 5.10 Å². The largest absolute Gasteiger partial charge is 0.481 e. The number of benzene rings is 1. The lowest BCUT2D eigenvalue weighted by atomic mass is 9.98. The van der Waals surface area contributed by atoms with Crippen LogP contribution in [0.15, 0.2) is 36.9 Å². The summed E-state index contributed by atoms with van der Waals surface area (Å²) in [4.78, 5) is 27.0. The average Bonchev–Trinajstić information content (AvgIpc) is 3.02. The molecule has 1 atom stereocenters. The van der Waals surface area contributed by atoms with Gasteiger partial charge in [0.15, 0.2) is 0 Å². The molecule has 1 heterocycles. The van der Waals surface area contributed by atoms with E-state index in [-0.39, 0.29) is 18.9 Å². The van der Waals surface area contributed by atoms with Crippen molar-refractivity contribution in [2.24, 2.45) is 5.92 Å². The predicted octanol–water partition coefficient (Wildman–Crippen LogP) is 1.04. The highest BCUT2D eigenvalue weighted by atomic mass is 16.4. The summed E-state index contributed by atoms with van der Waals surface area (Å²) in [5, 5.41) is 15.9. The van der Waals surface area contributed by atoms with Gasteiger partial charge in [0.1, 0.15) is 12.7 Å². The summed E-state index contributed by atoms with van der Waals surface area (Å²) in [6.45, 7) is 2.49. The molecule has 0 fully saturated rings. The van der Waals surface area contributed by atoms with Gasteiger partial charge in [0, 0.05) is 13.0 Å². The molecule has 7 nitrogen and oxygen atoms in total. The number of nitrogens with zero attached hydrogens (tertiary/aromatic N) is 3. The molecule has 122 valence electrons. The number of carboxylic acid groups (broad SMARTS) is 1. The molecule has 0 saturated heterocycles. The fourth-order valence-electron chi connectivity index (χ4n) is 2.26. The van der Waals surface area contributed by atoms with E-state index in [2.05, 4.69) is 15.4 Å². The van der Waals surface area contributed by atoms with Gasteiger partial charge in [-0.25, -0.2) is 4.98 Å². The Labute approximate surface area is 134 Å². The Morgan fingerprint density at radius 2 is 2.22 bits per heavy atom. The molecule has 0 spiro atoms. The molecule has 0 bridgehead atoms. The zero-order valence-electron chi connectivity index (χ0n) is 13.0. The van der Waals surface area contributed by atoms with Gasteiger partial charge in [-0.3, -0.25) is 14.3 Å². The molecule has 2 N–H and O–H groups in total. The number of aryl methyl sites for hydroxylation is 2. The van der Waals surface area contributed by atoms with Crippen LogP contribution in [-0.2, 0) is 22.6 Å². The number of carboxylic acids is 1. The topological polar surface area (TPSA) is 97.1 Å². The van der Waals surface area contributed by atoms with Gasteiger partial charge in [0.2, 0.25) is 5.91 Å². The van der Waals surface area contributed by atoms with Gasteiger partial charge in [-0.05, 0) is 18.9 Å². The van der Waals surface area contributed by atoms with Crippen molar-refractivity contribution in [2.45, 2.75) is 26.3 Å². The minimum atomic E-state index is -0.914. The van der Waals surface area contributed by atoms with Gasteiger partial charge < -0.3 is 10.4 Å². The maximum absolute atomic E-state index is 11.8. The smallest absolute Gasteiger partial charge is 0.308 e. The maximum atomic E-state index is 11.8. The molecule has 1 amide bonds. The first-order valence-electron chi connectivity index (χ1n) is 7.42. The minimum absolute atomic E-state index is 0.111. The molecule has 1 unspecified atom stereocenters. The third-order valence-electron chi connectivity index (χ3n) is 3.49. The third-order valence-corrected chi connectivity index (χ3v) is 3.49. The highest BCUT2D eigenvalue weighted by Gasteiger charge is 2.19. The number of carbonyl (C=O) groups is 2. The summed E-state index contributed by atoms with van der Waals surface area (Å²) in [5.41, 5.74) is 2.04. The van der Waals surface area contributed by atoms with E-state index in [1.165, 1.54) is 12.7 Å². The van der Waals surface area contributed by atoms with Crippen molar-refractivity contribution in [2.75, 3.05) is 6.54 Å². The highest BCUT2D eigenvalue weighted by molar-refractivity contribution is 5.77. The van der Waals surface area contributed by atoms with Crippen molar-refractivity contribution in [3.8, 4) is 0 Å². The number of amides is 1. The fraction of sp³-hybridized carbons (Fsp3) is 0.375. The molecule has 0 aliphatic rings. The lowest BCUT2D eigenvalue weighted by Crippen LogP contribution is -2.34. The number of nitrogens with one attached hydrogen (secondary N) is 1. The standard InChI is InChI=1S/C16H20N4O3/c1-12-3-2-4-13(7-12)8-14(16(22)23)9-18-15(21)5-6-20-11-17-10-19-20/h2-4,7,10-11,14H,5-6,8-9H2,1H3,(H,18,21)(H,22,23). The summed E-state index contributed by atoms with van der Waals surface area (Å²) in [6.07, 6.45) is 3.56. The van der Waals surface area contributed by atoms with Crippen LogP contribution in [0.2, 0.25) is 0 Å². The first kappa shape index (κ1) is 16.7. The number of carbonyl (C=O) groups excluding carboxylic acids is 1. The molecule has 23 heavy (non-hydrogen) atoms. The number of hydrogen-bond acceptors (Lipinski definition) is 4. The Morgan fingerprint density at radius 1 is 1.39 bits per heavy atom. The molecular weight excluding hydrogens is 296 g/mol. The number of hydrogen-bond donors (Lipinski definition) is 2. The minimum Gasteiger partial charge on any atom is -0.481 e. The Hall–Kier alpha value is -2.70. The van der Waals surface area contributed by atoms with E-state index >= 15 is 0 Å². The van der Waals surface area contributed by atoms with Crippen LogP contribution < -0.4 is 5.32 Å². The van der Waals surface area contributed by atoms with E-state index in [1.54, 1.807) is 4.68 Å². The van der Waals surface area contributed by atoms with Crippen LogP contribution in [0.3, 0.4) is 0 Å². The summed E-state index contributed by atoms with van der Waals surface area (Å²) in [5.74, 6) is -1.76. The van der Waals surface area contributed by atoms with Crippen molar-refractivity contribution in [1.29, 1.82) is 0 Å². The van der Waals surface area contributed by atoms with E-state index in [9.17, 15) is 14.7 Å². The molecule has 0 aliphatic carbocycles. The van der Waals surface area contributed by atoms with Crippen LogP contribution in [0.4, 0.5) is 0 Å². The lowest BCUT2D eigenvalue weighted by molar-refractivity contribution is -0.141. The van der Waals surface area contributed by atoms with E-state index in [4.69, 9.17) is 0 Å². The van der Waals surface area contributed by atoms with E-state index < -0.39 is 11.9 Å². The van der Waals surface area contributed by atoms with Crippen LogP contribution in [0.25, 0.3) is 0 Å². The molecule has 1 aromatic heterocycles. The fourth-order valence-corrected chi connectivity index (χ4v) is 2.26. The first-order valence-corrected chi connectivity index (χ1v) is 7.42. The lowest BCUT2D eigenvalue weighted by Gasteiger charge is -2.14. The zero-order valence-corrected chi connectivity index (χ0v) is 13.0. The van der Waals surface area contributed by atoms with Gasteiger partial charge in [-0.15, -0.1) is 0 Å². The van der Waals surface area contributed by atoms with Crippen LogP contribution in [-0.4, -0.2) is 38.3 Å². The van der Waals surface area contributed by atoms with Crippen molar-refractivity contribution in [3.05, 3.63) is 48.0 Å². The summed E-state index contributed by atoms with van der Waals surface area (Å²) in [6, 6.07) is 7.73. The number of rotatable bonds is 8.